The first-order valence-corrected chi connectivity index (χ1v) is 1.57. The summed E-state index contributed by atoms with van der Waals surface area (Å²) in [7, 11) is 2.82. The Bertz CT molecular complexity index is 46.8. The molecule has 0 heterocycles. The Balaban J connectivity index is 2.99. The van der Waals surface area contributed by atoms with E-state index in [1.165, 1.54) is 14.2 Å². The molecular formula is C3H7NO2. The van der Waals surface area contributed by atoms with E-state index in [-0.39, 0.29) is 0 Å². The van der Waals surface area contributed by atoms with E-state index < -0.39 is 6.09 Å². The van der Waals surface area contributed by atoms with Crippen LogP contribution in [-0.2, 0) is 4.74 Å². The molecule has 0 radical (unpaired) electrons. The lowest BCUT2D eigenvalue weighted by molar-refractivity contribution is 0.173. The van der Waals surface area contributed by atoms with Crippen LogP contribution < -0.4 is 5.32 Å². The third kappa shape index (κ3) is 1.58. The molecule has 0 rings (SSSR count). The molecule has 3 nitrogen and oxygen atoms in total. The molecule has 0 atom stereocenters. The summed E-state index contributed by atoms with van der Waals surface area (Å²) < 4.78 is 4.15. The fourth-order valence-electron chi connectivity index (χ4n) is 0.102. The Morgan fingerprint density at radius 3 is 2.33 bits per heavy atom. The van der Waals surface area contributed by atoms with Crippen LogP contribution in [0.4, 0.5) is 4.79 Å². The van der Waals surface area contributed by atoms with E-state index in [1.807, 2.05) is 0 Å². The monoisotopic (exact) mass is 89.0 g/mol. The van der Waals surface area contributed by atoms with Gasteiger partial charge in [0.1, 0.15) is 0 Å². The summed E-state index contributed by atoms with van der Waals surface area (Å²) in [5.74, 6) is 0. The van der Waals surface area contributed by atoms with Gasteiger partial charge in [0.2, 0.25) is 0 Å². The third-order valence-electron chi connectivity index (χ3n) is 0.390. The predicted molar refractivity (Wildman–Crippen MR) is 21.5 cm³/mol. The van der Waals surface area contributed by atoms with Gasteiger partial charge in [-0.2, -0.15) is 0 Å². The largest absolute Gasteiger partial charge is 0.453 e. The van der Waals surface area contributed by atoms with Gasteiger partial charge in [-0.1, -0.05) is 0 Å². The Labute approximate surface area is 36.3 Å². The minimum atomic E-state index is -0.407. The van der Waals surface area contributed by atoms with E-state index >= 15 is 0 Å². The summed E-state index contributed by atoms with van der Waals surface area (Å²) in [6.07, 6.45) is -0.407. The second kappa shape index (κ2) is 2.50. The van der Waals surface area contributed by atoms with Gasteiger partial charge in [-0.15, -0.1) is 0 Å². The maximum Gasteiger partial charge on any atom is 0.406 e. The van der Waals surface area contributed by atoms with Crippen LogP contribution in [0.1, 0.15) is 0 Å². The van der Waals surface area contributed by atoms with Crippen molar-refractivity contribution in [2.24, 2.45) is 0 Å². The highest BCUT2D eigenvalue weighted by atomic mass is 16.5. The number of nitrogens with one attached hydrogen (secondary N) is 1. The van der Waals surface area contributed by atoms with Crippen LogP contribution >= 0.6 is 0 Å². The molecule has 0 aromatic heterocycles. The molecule has 0 fully saturated rings. The Kier molecular flexibility index (Phi) is 2.20. The van der Waals surface area contributed by atoms with Gasteiger partial charge in [-0.05, 0) is 0 Å². The molecule has 0 unspecified atom stereocenters. The van der Waals surface area contributed by atoms with Crippen molar-refractivity contribution in [2.45, 2.75) is 0 Å². The second-order valence-corrected chi connectivity index (χ2v) is 0.742. The lowest BCUT2D eigenvalue weighted by Crippen LogP contribution is -2.16. The quantitative estimate of drug-likeness (QED) is 0.452. The van der Waals surface area contributed by atoms with E-state index in [2.05, 4.69) is 10.1 Å². The summed E-state index contributed by atoms with van der Waals surface area (Å²) in [4.78, 5) is 9.85. The van der Waals surface area contributed by atoms with Gasteiger partial charge >= 0.3 is 6.09 Å². The maximum atomic E-state index is 9.85. The number of hydrogen-bond acceptors (Lipinski definition) is 2. The lowest BCUT2D eigenvalue weighted by Gasteiger charge is -1.90. The first kappa shape index (κ1) is 5.27. The van der Waals surface area contributed by atoms with Crippen molar-refractivity contribution in [3.8, 4) is 0 Å². The van der Waals surface area contributed by atoms with E-state index in [0.717, 1.165) is 0 Å². The van der Waals surface area contributed by atoms with Crippen molar-refractivity contribution >= 4 is 6.09 Å². The molecular weight excluding hydrogens is 82.0 g/mol. The molecule has 0 aromatic carbocycles. The summed E-state index contributed by atoms with van der Waals surface area (Å²) in [6.45, 7) is 0. The molecule has 0 aliphatic heterocycles. The van der Waals surface area contributed by atoms with Crippen LogP contribution in [0, 0.1) is 0 Å². The number of amides is 1. The molecule has 3 heteroatoms. The Hall–Kier alpha value is -0.730. The molecule has 0 aliphatic rings. The molecule has 6 heavy (non-hydrogen) atoms. The van der Waals surface area contributed by atoms with Crippen LogP contribution in [0.25, 0.3) is 0 Å². The van der Waals surface area contributed by atoms with Gasteiger partial charge in [0, 0.05) is 7.05 Å². The van der Waals surface area contributed by atoms with E-state index in [1.54, 1.807) is 0 Å². The minimum Gasteiger partial charge on any atom is -0.453 e. The molecule has 0 aliphatic carbocycles. The zero-order valence-electron chi connectivity index (χ0n) is 3.82. The van der Waals surface area contributed by atoms with Crippen molar-refractivity contribution in [3.05, 3.63) is 0 Å². The molecule has 0 spiro atoms. The highest BCUT2D eigenvalue weighted by molar-refractivity contribution is 5.66. The van der Waals surface area contributed by atoms with Gasteiger partial charge in [0.25, 0.3) is 0 Å². The number of ether oxygens (including phenoxy) is 1. The fraction of sp³-hybridized carbons (Fsp3) is 0.667. The van der Waals surface area contributed by atoms with Gasteiger partial charge in [0.15, 0.2) is 0 Å². The first-order chi connectivity index (χ1) is 2.81. The number of alkyl carbamates (subject to hydrolysis) is 1. The van der Waals surface area contributed by atoms with E-state index in [4.69, 9.17) is 0 Å². The zero-order chi connectivity index (χ0) is 4.99. The number of hydrogen-bond donors (Lipinski definition) is 1. The van der Waals surface area contributed by atoms with Crippen LogP contribution in [0.5, 0.6) is 0 Å². The Morgan fingerprint density at radius 2 is 2.33 bits per heavy atom. The molecule has 1 amide bonds. The van der Waals surface area contributed by atoms with Crippen molar-refractivity contribution in [1.29, 1.82) is 0 Å². The average Bonchev–Trinajstić information content (AvgIpc) is 1.65. The highest BCUT2D eigenvalue weighted by Crippen LogP contribution is 1.62. The minimum absolute atomic E-state index is 0.407. The standard InChI is InChI=1S/C3H7NO2/c1-4-3(5)6-2/h1-2H3,(H,4,5). The normalized spacial score (nSPS) is 7.00. The van der Waals surface area contributed by atoms with Crippen LogP contribution in [0.2, 0.25) is 0 Å². The van der Waals surface area contributed by atoms with Crippen molar-refractivity contribution in [1.82, 2.24) is 5.32 Å². The topological polar surface area (TPSA) is 38.3 Å². The van der Waals surface area contributed by atoms with Crippen LogP contribution in [0.15, 0.2) is 0 Å². The second-order valence-electron chi connectivity index (χ2n) is 0.742. The van der Waals surface area contributed by atoms with Crippen LogP contribution in [-0.4, -0.2) is 20.3 Å². The maximum absolute atomic E-state index is 9.85. The van der Waals surface area contributed by atoms with Crippen molar-refractivity contribution < 1.29 is 9.53 Å². The number of carbonyl (C=O) groups excluding carboxylic acids is 1. The number of rotatable bonds is 0. The van der Waals surface area contributed by atoms with Gasteiger partial charge in [-0.3, -0.25) is 0 Å². The molecule has 0 saturated heterocycles. The average molecular weight is 89.1 g/mol. The zero-order valence-corrected chi connectivity index (χ0v) is 3.82. The SMILES string of the molecule is CNC(=O)OC. The summed E-state index contributed by atoms with van der Waals surface area (Å²) in [5.41, 5.74) is 0. The molecule has 0 aromatic rings. The third-order valence-corrected chi connectivity index (χ3v) is 0.390. The predicted octanol–water partition coefficient (Wildman–Crippen LogP) is -0.0278. The number of methoxy groups -OCH3 is 1. The lowest BCUT2D eigenvalue weighted by atomic mass is 11.1. The van der Waals surface area contributed by atoms with Gasteiger partial charge in [0.05, 0.1) is 7.11 Å². The van der Waals surface area contributed by atoms with Crippen molar-refractivity contribution in [2.75, 3.05) is 14.2 Å². The Morgan fingerprint density at radius 1 is 1.83 bits per heavy atom. The summed E-state index contributed by atoms with van der Waals surface area (Å²) in [5, 5.41) is 2.25. The highest BCUT2D eigenvalue weighted by Gasteiger charge is 1.85. The summed E-state index contributed by atoms with van der Waals surface area (Å²) >= 11 is 0. The fourth-order valence-corrected chi connectivity index (χ4v) is 0.102. The molecule has 0 bridgehead atoms. The van der Waals surface area contributed by atoms with Gasteiger partial charge < -0.3 is 10.1 Å². The molecule has 1 N–H and O–H groups in total. The smallest absolute Gasteiger partial charge is 0.406 e. The van der Waals surface area contributed by atoms with E-state index in [9.17, 15) is 4.79 Å². The molecule has 0 saturated carbocycles. The molecule has 36 valence electrons. The van der Waals surface area contributed by atoms with E-state index in [0.29, 0.717) is 0 Å². The first-order valence-electron chi connectivity index (χ1n) is 1.57. The van der Waals surface area contributed by atoms with Gasteiger partial charge in [-0.25, -0.2) is 4.79 Å². The number of carbonyl (C=O) groups is 1. The summed E-state index contributed by atoms with van der Waals surface area (Å²) in [6, 6.07) is 0. The van der Waals surface area contributed by atoms with Crippen molar-refractivity contribution in [3.63, 3.8) is 0 Å². The van der Waals surface area contributed by atoms with Crippen LogP contribution in [0.3, 0.4) is 0 Å².